The Morgan fingerprint density at radius 3 is 1.91 bits per heavy atom. The number of carbonyl (C=O) groups excluding carboxylic acids is 3. The number of aliphatic carboxylic acids is 2. The highest BCUT2D eigenvalue weighted by Crippen LogP contribution is 2.03. The van der Waals surface area contributed by atoms with Crippen LogP contribution in [0.25, 0.3) is 0 Å². The number of nitrogens with zero attached hydrogens (tertiary/aromatic N) is 1. The number of aliphatic imine (C=N–C) groups is 1. The van der Waals surface area contributed by atoms with Crippen LogP contribution in [0.5, 0.6) is 0 Å². The van der Waals surface area contributed by atoms with Gasteiger partial charge >= 0.3 is 11.9 Å². The SMILES string of the molecule is CC(NC(=O)C(CC(=O)O)NC(=O)C(N)C(C)C)C(=O)NC(CCCN=C(N)N)C(=O)O. The van der Waals surface area contributed by atoms with Crippen LogP contribution in [0.1, 0.15) is 40.0 Å². The van der Waals surface area contributed by atoms with Gasteiger partial charge in [0.1, 0.15) is 18.1 Å². The summed E-state index contributed by atoms with van der Waals surface area (Å²) in [5.74, 6) is -5.51. The van der Waals surface area contributed by atoms with E-state index in [1.165, 1.54) is 6.92 Å². The van der Waals surface area contributed by atoms with Crippen molar-refractivity contribution in [3.63, 3.8) is 0 Å². The van der Waals surface area contributed by atoms with Crippen molar-refractivity contribution >= 4 is 35.6 Å². The molecular formula is C18H33N7O7. The predicted molar refractivity (Wildman–Crippen MR) is 114 cm³/mol. The second kappa shape index (κ2) is 13.8. The number of nitrogens with one attached hydrogen (secondary N) is 3. The molecule has 0 heterocycles. The highest BCUT2D eigenvalue weighted by Gasteiger charge is 2.30. The lowest BCUT2D eigenvalue weighted by atomic mass is 10.0. The van der Waals surface area contributed by atoms with Crippen molar-refractivity contribution in [2.24, 2.45) is 28.1 Å². The van der Waals surface area contributed by atoms with Crippen molar-refractivity contribution in [1.82, 2.24) is 16.0 Å². The third kappa shape index (κ3) is 11.1. The minimum atomic E-state index is -1.48. The molecule has 0 aliphatic carbocycles. The Labute approximate surface area is 185 Å². The summed E-state index contributed by atoms with van der Waals surface area (Å²) in [4.78, 5) is 63.0. The monoisotopic (exact) mass is 459 g/mol. The van der Waals surface area contributed by atoms with Gasteiger partial charge in [0.2, 0.25) is 17.7 Å². The van der Waals surface area contributed by atoms with Crippen molar-refractivity contribution in [1.29, 1.82) is 0 Å². The molecule has 0 saturated heterocycles. The number of carboxylic acids is 2. The Morgan fingerprint density at radius 2 is 1.44 bits per heavy atom. The van der Waals surface area contributed by atoms with Crippen LogP contribution in [0.2, 0.25) is 0 Å². The van der Waals surface area contributed by atoms with E-state index in [-0.39, 0.29) is 31.3 Å². The molecule has 0 radical (unpaired) electrons. The Hall–Kier alpha value is -3.42. The van der Waals surface area contributed by atoms with E-state index in [9.17, 15) is 29.1 Å². The number of rotatable bonds is 14. The molecule has 0 aliphatic heterocycles. The maximum Gasteiger partial charge on any atom is 0.326 e. The third-order valence-corrected chi connectivity index (χ3v) is 4.34. The molecule has 0 rings (SSSR count). The van der Waals surface area contributed by atoms with E-state index in [4.69, 9.17) is 22.3 Å². The van der Waals surface area contributed by atoms with Crippen LogP contribution in [-0.4, -0.2) is 76.5 Å². The van der Waals surface area contributed by atoms with Crippen LogP contribution in [0, 0.1) is 5.92 Å². The standard InChI is InChI=1S/C18H33N7O7/c1-8(2)13(19)16(30)25-11(7-12(26)27)15(29)23-9(3)14(28)24-10(17(31)32)5-4-6-22-18(20)21/h8-11,13H,4-7,19H2,1-3H3,(H,23,29)(H,24,28)(H,25,30)(H,26,27)(H,31,32)(H4,20,21,22). The van der Waals surface area contributed by atoms with E-state index in [0.717, 1.165) is 0 Å². The minimum Gasteiger partial charge on any atom is -0.481 e. The fraction of sp³-hybridized carbons (Fsp3) is 0.667. The van der Waals surface area contributed by atoms with Gasteiger partial charge in [0, 0.05) is 6.54 Å². The number of guanidine groups is 1. The highest BCUT2D eigenvalue weighted by molar-refractivity contribution is 5.95. The molecule has 14 nitrogen and oxygen atoms in total. The minimum absolute atomic E-state index is 0.0311. The zero-order valence-electron chi connectivity index (χ0n) is 18.3. The summed E-state index contributed by atoms with van der Waals surface area (Å²) in [5.41, 5.74) is 16.1. The molecule has 11 N–H and O–H groups in total. The molecule has 182 valence electrons. The van der Waals surface area contributed by atoms with Crippen LogP contribution in [0.15, 0.2) is 4.99 Å². The molecule has 0 fully saturated rings. The van der Waals surface area contributed by atoms with E-state index < -0.39 is 60.2 Å². The van der Waals surface area contributed by atoms with Crippen molar-refractivity contribution in [2.75, 3.05) is 6.54 Å². The molecule has 4 atom stereocenters. The Balaban J connectivity index is 5.03. The van der Waals surface area contributed by atoms with Crippen LogP contribution < -0.4 is 33.2 Å². The van der Waals surface area contributed by atoms with Gasteiger partial charge in [-0.15, -0.1) is 0 Å². The van der Waals surface area contributed by atoms with Crippen LogP contribution in [0.4, 0.5) is 0 Å². The normalized spacial score (nSPS) is 14.4. The lowest BCUT2D eigenvalue weighted by Gasteiger charge is -2.23. The van der Waals surface area contributed by atoms with Gasteiger partial charge in [-0.1, -0.05) is 13.8 Å². The van der Waals surface area contributed by atoms with Gasteiger partial charge in [0.15, 0.2) is 5.96 Å². The summed E-state index contributed by atoms with van der Waals surface area (Å²) < 4.78 is 0. The lowest BCUT2D eigenvalue weighted by molar-refractivity contribution is -0.143. The third-order valence-electron chi connectivity index (χ3n) is 4.34. The summed E-state index contributed by atoms with van der Waals surface area (Å²) in [6.45, 7) is 4.81. The van der Waals surface area contributed by atoms with Crippen LogP contribution in [0.3, 0.4) is 0 Å². The fourth-order valence-corrected chi connectivity index (χ4v) is 2.39. The Bertz CT molecular complexity index is 722. The Kier molecular flexibility index (Phi) is 12.3. The van der Waals surface area contributed by atoms with E-state index in [1.807, 2.05) is 0 Å². The van der Waals surface area contributed by atoms with Crippen molar-refractivity contribution in [3.05, 3.63) is 0 Å². The fourth-order valence-electron chi connectivity index (χ4n) is 2.39. The maximum absolute atomic E-state index is 12.5. The summed E-state index contributed by atoms with van der Waals surface area (Å²) in [6.07, 6.45) is -0.429. The molecule has 0 aliphatic rings. The van der Waals surface area contributed by atoms with Gasteiger partial charge in [0.25, 0.3) is 0 Å². The van der Waals surface area contributed by atoms with Gasteiger partial charge in [0.05, 0.1) is 12.5 Å². The van der Waals surface area contributed by atoms with E-state index in [0.29, 0.717) is 0 Å². The summed E-state index contributed by atoms with van der Waals surface area (Å²) in [7, 11) is 0. The molecule has 32 heavy (non-hydrogen) atoms. The number of nitrogens with two attached hydrogens (primary N) is 3. The smallest absolute Gasteiger partial charge is 0.326 e. The predicted octanol–water partition coefficient (Wildman–Crippen LogP) is -2.94. The first-order valence-electron chi connectivity index (χ1n) is 9.92. The van der Waals surface area contributed by atoms with Gasteiger partial charge < -0.3 is 43.4 Å². The van der Waals surface area contributed by atoms with Gasteiger partial charge in [-0.05, 0) is 25.7 Å². The molecule has 0 saturated carbocycles. The second-order valence-electron chi connectivity index (χ2n) is 7.51. The molecule has 0 aromatic heterocycles. The van der Waals surface area contributed by atoms with Crippen LogP contribution in [-0.2, 0) is 24.0 Å². The number of hydrogen-bond donors (Lipinski definition) is 8. The van der Waals surface area contributed by atoms with Gasteiger partial charge in [-0.25, -0.2) is 4.79 Å². The van der Waals surface area contributed by atoms with Crippen molar-refractivity contribution in [3.8, 4) is 0 Å². The largest absolute Gasteiger partial charge is 0.481 e. The molecule has 0 bridgehead atoms. The first kappa shape index (κ1) is 28.6. The summed E-state index contributed by atoms with van der Waals surface area (Å²) in [5, 5.41) is 25.1. The first-order valence-corrected chi connectivity index (χ1v) is 9.92. The Morgan fingerprint density at radius 1 is 0.875 bits per heavy atom. The summed E-state index contributed by atoms with van der Waals surface area (Å²) in [6, 6.07) is -4.91. The lowest BCUT2D eigenvalue weighted by Crippen LogP contribution is -2.57. The summed E-state index contributed by atoms with van der Waals surface area (Å²) >= 11 is 0. The molecule has 0 aromatic rings. The molecular weight excluding hydrogens is 426 g/mol. The van der Waals surface area contributed by atoms with Crippen molar-refractivity contribution < 1.29 is 34.2 Å². The van der Waals surface area contributed by atoms with E-state index in [1.54, 1.807) is 13.8 Å². The molecule has 14 heteroatoms. The number of amides is 3. The van der Waals surface area contributed by atoms with Crippen molar-refractivity contribution in [2.45, 2.75) is 64.2 Å². The quantitative estimate of drug-likeness (QED) is 0.0744. The average molecular weight is 460 g/mol. The topological polar surface area (TPSA) is 252 Å². The number of carbonyl (C=O) groups is 5. The number of carboxylic acid groups (broad SMARTS) is 2. The van der Waals surface area contributed by atoms with Gasteiger partial charge in [-0.2, -0.15) is 0 Å². The second-order valence-corrected chi connectivity index (χ2v) is 7.51. The van der Waals surface area contributed by atoms with Gasteiger partial charge in [-0.3, -0.25) is 24.2 Å². The molecule has 3 amide bonds. The average Bonchev–Trinajstić information content (AvgIpc) is 2.67. The van der Waals surface area contributed by atoms with E-state index >= 15 is 0 Å². The molecule has 0 spiro atoms. The highest BCUT2D eigenvalue weighted by atomic mass is 16.4. The van der Waals surface area contributed by atoms with E-state index in [2.05, 4.69) is 20.9 Å². The maximum atomic E-state index is 12.5. The molecule has 4 unspecified atom stereocenters. The first-order chi connectivity index (χ1) is 14.8. The zero-order chi connectivity index (χ0) is 25.0. The zero-order valence-corrected chi connectivity index (χ0v) is 18.3. The number of hydrogen-bond acceptors (Lipinski definition) is 7. The molecule has 0 aromatic carbocycles. The van der Waals surface area contributed by atoms with Crippen LogP contribution >= 0.6 is 0 Å².